The van der Waals surface area contributed by atoms with Crippen LogP contribution in [0, 0.1) is 13.8 Å². The summed E-state index contributed by atoms with van der Waals surface area (Å²) in [5.41, 5.74) is 10.4. The average molecular weight is 440 g/mol. The molecule has 8 nitrogen and oxygen atoms in total. The lowest BCUT2D eigenvalue weighted by molar-refractivity contribution is 0.114. The van der Waals surface area contributed by atoms with Gasteiger partial charge in [-0.25, -0.2) is 23.1 Å². The molecule has 9 heteroatoms. The minimum absolute atomic E-state index is 0.0750. The Hall–Kier alpha value is -2.88. The number of aromatic nitrogens is 3. The number of nitrogens with two attached hydrogens (primary N) is 1. The molecule has 0 bridgehead atoms. The van der Waals surface area contributed by atoms with Gasteiger partial charge in [-0.3, -0.25) is 4.98 Å². The lowest BCUT2D eigenvalue weighted by Gasteiger charge is -2.14. The quantitative estimate of drug-likeness (QED) is 0.606. The molecule has 162 valence electrons. The number of hydrogen-bond acceptors (Lipinski definition) is 7. The molecule has 1 aliphatic heterocycles. The lowest BCUT2D eigenvalue weighted by atomic mass is 10.1. The SMILES string of the molecule is Cc1cc(-c2nc(-c3cc(S(=O)(=O)NC[C@H]4CCCO4)ccc3C)cnc2N)ccn1. The second kappa shape index (κ2) is 8.70. The van der Waals surface area contributed by atoms with E-state index >= 15 is 0 Å². The molecule has 3 N–H and O–H groups in total. The molecule has 0 amide bonds. The van der Waals surface area contributed by atoms with E-state index in [1.165, 1.54) is 0 Å². The van der Waals surface area contributed by atoms with Crippen molar-refractivity contribution < 1.29 is 13.2 Å². The number of benzene rings is 1. The summed E-state index contributed by atoms with van der Waals surface area (Å²) in [5, 5.41) is 0. The zero-order valence-electron chi connectivity index (χ0n) is 17.5. The van der Waals surface area contributed by atoms with Gasteiger partial charge in [0.2, 0.25) is 10.0 Å². The first-order valence-electron chi connectivity index (χ1n) is 10.1. The van der Waals surface area contributed by atoms with Crippen LogP contribution in [0.2, 0.25) is 0 Å². The number of nitrogens with one attached hydrogen (secondary N) is 1. The van der Waals surface area contributed by atoms with E-state index in [-0.39, 0.29) is 17.5 Å². The molecule has 1 aliphatic rings. The van der Waals surface area contributed by atoms with Crippen LogP contribution in [-0.4, -0.2) is 42.6 Å². The van der Waals surface area contributed by atoms with Gasteiger partial charge >= 0.3 is 0 Å². The minimum Gasteiger partial charge on any atom is -0.382 e. The Balaban J connectivity index is 1.68. The summed E-state index contributed by atoms with van der Waals surface area (Å²) in [6, 6.07) is 8.68. The molecule has 31 heavy (non-hydrogen) atoms. The minimum atomic E-state index is -3.68. The Morgan fingerprint density at radius 3 is 2.77 bits per heavy atom. The van der Waals surface area contributed by atoms with Crippen molar-refractivity contribution in [3.63, 3.8) is 0 Å². The summed E-state index contributed by atoms with van der Waals surface area (Å²) in [5.74, 6) is 0.300. The standard InChI is InChI=1S/C22H25N5O3S/c1-14-5-6-18(31(28,29)26-12-17-4-3-9-30-17)11-19(14)20-13-25-22(23)21(27-20)16-7-8-24-15(2)10-16/h5-8,10-11,13,17,26H,3-4,9,12H2,1-2H3,(H2,23,25)/t17-/m1/s1. The molecule has 4 rings (SSSR count). The molecule has 0 spiro atoms. The molecule has 1 atom stereocenters. The van der Waals surface area contributed by atoms with Gasteiger partial charge in [-0.15, -0.1) is 0 Å². The molecule has 3 heterocycles. The monoisotopic (exact) mass is 439 g/mol. The van der Waals surface area contributed by atoms with Crippen molar-refractivity contribution in [1.82, 2.24) is 19.7 Å². The summed E-state index contributed by atoms with van der Waals surface area (Å²) in [7, 11) is -3.68. The Kier molecular flexibility index (Phi) is 5.99. The van der Waals surface area contributed by atoms with Crippen molar-refractivity contribution in [1.29, 1.82) is 0 Å². The summed E-state index contributed by atoms with van der Waals surface area (Å²) < 4.78 is 33.8. The summed E-state index contributed by atoms with van der Waals surface area (Å²) in [4.78, 5) is 13.4. The van der Waals surface area contributed by atoms with Crippen LogP contribution in [0.4, 0.5) is 5.82 Å². The maximum absolute atomic E-state index is 12.8. The first-order valence-corrected chi connectivity index (χ1v) is 11.6. The third-order valence-electron chi connectivity index (χ3n) is 5.29. The van der Waals surface area contributed by atoms with E-state index in [2.05, 4.69) is 14.7 Å². The van der Waals surface area contributed by atoms with E-state index in [9.17, 15) is 8.42 Å². The van der Waals surface area contributed by atoms with Crippen molar-refractivity contribution >= 4 is 15.8 Å². The van der Waals surface area contributed by atoms with E-state index in [0.29, 0.717) is 29.4 Å². The smallest absolute Gasteiger partial charge is 0.240 e. The molecular weight excluding hydrogens is 414 g/mol. The van der Waals surface area contributed by atoms with Gasteiger partial charge in [0.05, 0.1) is 22.9 Å². The third-order valence-corrected chi connectivity index (χ3v) is 6.71. The number of hydrogen-bond donors (Lipinski definition) is 2. The predicted octanol–water partition coefficient (Wildman–Crippen LogP) is 2.86. The largest absolute Gasteiger partial charge is 0.382 e. The number of ether oxygens (including phenoxy) is 1. The van der Waals surface area contributed by atoms with Crippen LogP contribution in [0.15, 0.2) is 47.6 Å². The Bertz CT molecular complexity index is 1210. The summed E-state index contributed by atoms with van der Waals surface area (Å²) in [6.45, 7) is 4.73. The highest BCUT2D eigenvalue weighted by Crippen LogP contribution is 2.29. The molecule has 2 aromatic heterocycles. The van der Waals surface area contributed by atoms with Crippen molar-refractivity contribution in [3.05, 3.63) is 54.0 Å². The number of anilines is 1. The van der Waals surface area contributed by atoms with E-state index in [1.807, 2.05) is 26.0 Å². The highest BCUT2D eigenvalue weighted by atomic mass is 32.2. The van der Waals surface area contributed by atoms with Crippen LogP contribution >= 0.6 is 0 Å². The number of aryl methyl sites for hydroxylation is 2. The number of nitrogens with zero attached hydrogens (tertiary/aromatic N) is 3. The van der Waals surface area contributed by atoms with Crippen LogP contribution in [0.5, 0.6) is 0 Å². The van der Waals surface area contributed by atoms with Crippen LogP contribution in [0.25, 0.3) is 22.5 Å². The molecule has 1 fully saturated rings. The normalized spacial score (nSPS) is 16.5. The maximum Gasteiger partial charge on any atom is 0.240 e. The van der Waals surface area contributed by atoms with Crippen LogP contribution in [-0.2, 0) is 14.8 Å². The zero-order valence-corrected chi connectivity index (χ0v) is 18.3. The van der Waals surface area contributed by atoms with E-state index in [4.69, 9.17) is 15.5 Å². The van der Waals surface area contributed by atoms with Crippen molar-refractivity contribution in [2.75, 3.05) is 18.9 Å². The number of pyridine rings is 1. The summed E-state index contributed by atoms with van der Waals surface area (Å²) in [6.07, 6.45) is 4.99. The highest BCUT2D eigenvalue weighted by molar-refractivity contribution is 7.89. The molecule has 0 unspecified atom stereocenters. The summed E-state index contributed by atoms with van der Waals surface area (Å²) >= 11 is 0. The fraction of sp³-hybridized carbons (Fsp3) is 0.318. The molecular formula is C22H25N5O3S. The molecule has 0 aliphatic carbocycles. The lowest BCUT2D eigenvalue weighted by Crippen LogP contribution is -2.31. The third kappa shape index (κ3) is 4.73. The van der Waals surface area contributed by atoms with Crippen molar-refractivity contribution in [2.24, 2.45) is 0 Å². The van der Waals surface area contributed by atoms with Gasteiger partial charge in [-0.2, -0.15) is 0 Å². The molecule has 0 saturated carbocycles. The number of rotatable bonds is 6. The van der Waals surface area contributed by atoms with Crippen LogP contribution < -0.4 is 10.5 Å². The van der Waals surface area contributed by atoms with Gasteiger partial charge in [0.1, 0.15) is 11.5 Å². The van der Waals surface area contributed by atoms with Gasteiger partial charge < -0.3 is 10.5 Å². The van der Waals surface area contributed by atoms with Crippen molar-refractivity contribution in [3.8, 4) is 22.5 Å². The second-order valence-electron chi connectivity index (χ2n) is 7.64. The molecule has 1 saturated heterocycles. The van der Waals surface area contributed by atoms with Crippen LogP contribution in [0.3, 0.4) is 0 Å². The number of nitrogen functional groups attached to an aromatic ring is 1. The Labute approximate surface area is 182 Å². The van der Waals surface area contributed by atoms with Crippen molar-refractivity contribution in [2.45, 2.75) is 37.7 Å². The van der Waals surface area contributed by atoms with Gasteiger partial charge in [0.15, 0.2) is 0 Å². The van der Waals surface area contributed by atoms with E-state index < -0.39 is 10.0 Å². The topological polar surface area (TPSA) is 120 Å². The Morgan fingerprint density at radius 1 is 1.19 bits per heavy atom. The molecule has 3 aromatic rings. The first-order chi connectivity index (χ1) is 14.8. The molecule has 0 radical (unpaired) electrons. The fourth-order valence-corrected chi connectivity index (χ4v) is 4.66. The van der Waals surface area contributed by atoms with Crippen LogP contribution in [0.1, 0.15) is 24.1 Å². The second-order valence-corrected chi connectivity index (χ2v) is 9.41. The van der Waals surface area contributed by atoms with Gasteiger partial charge in [0, 0.05) is 36.2 Å². The van der Waals surface area contributed by atoms with Gasteiger partial charge in [-0.1, -0.05) is 6.07 Å². The van der Waals surface area contributed by atoms with E-state index in [0.717, 1.165) is 29.7 Å². The highest BCUT2D eigenvalue weighted by Gasteiger charge is 2.21. The van der Waals surface area contributed by atoms with Gasteiger partial charge in [0.25, 0.3) is 0 Å². The molecule has 1 aromatic carbocycles. The average Bonchev–Trinajstić information content (AvgIpc) is 3.27. The Morgan fingerprint density at radius 2 is 2.03 bits per heavy atom. The van der Waals surface area contributed by atoms with E-state index in [1.54, 1.807) is 30.6 Å². The number of sulfonamides is 1. The predicted molar refractivity (Wildman–Crippen MR) is 119 cm³/mol. The zero-order chi connectivity index (χ0) is 22.0. The van der Waals surface area contributed by atoms with Gasteiger partial charge in [-0.05, 0) is 56.5 Å². The fourth-order valence-electron chi connectivity index (χ4n) is 3.57. The maximum atomic E-state index is 12.8. The first kappa shape index (κ1) is 21.4.